The Hall–Kier alpha value is -2.13. The topological polar surface area (TPSA) is 169 Å². The van der Waals surface area contributed by atoms with E-state index in [1.54, 1.807) is 43.5 Å². The van der Waals surface area contributed by atoms with Gasteiger partial charge >= 0.3 is 35.5 Å². The molecule has 1 unspecified atom stereocenters. The van der Waals surface area contributed by atoms with Crippen LogP contribution in [0, 0.1) is 11.8 Å². The number of fused-ring (bicyclic) bond motifs is 1. The van der Waals surface area contributed by atoms with E-state index in [1.807, 2.05) is 0 Å². The summed E-state index contributed by atoms with van der Waals surface area (Å²) in [7, 11) is -2.21. The minimum atomic E-state index is -3.75. The minimum absolute atomic E-state index is 0. The van der Waals surface area contributed by atoms with Gasteiger partial charge < -0.3 is 20.6 Å². The molecule has 14 heteroatoms. The average Bonchev–Trinajstić information content (AvgIpc) is 3.60. The van der Waals surface area contributed by atoms with Crippen LogP contribution in [-0.4, -0.2) is 65.3 Å². The van der Waals surface area contributed by atoms with Crippen molar-refractivity contribution in [2.45, 2.75) is 55.8 Å². The molecular formula is C27H33N4NaO7S2. The molecule has 1 amide bonds. The van der Waals surface area contributed by atoms with Crippen molar-refractivity contribution in [3.8, 4) is 5.88 Å². The first-order valence-corrected chi connectivity index (χ1v) is 15.5. The number of carboxylic acid groups (broad SMARTS) is 1. The van der Waals surface area contributed by atoms with E-state index in [-0.39, 0.29) is 58.9 Å². The molecule has 1 aromatic carbocycles. The van der Waals surface area contributed by atoms with Crippen molar-refractivity contribution in [1.82, 2.24) is 14.3 Å². The maximum atomic E-state index is 13.6. The fraction of sp³-hybridized carbons (Fsp3) is 0.481. The number of hydrogen-bond acceptors (Lipinski definition) is 9. The second kappa shape index (κ2) is 14.4. The van der Waals surface area contributed by atoms with Crippen molar-refractivity contribution in [2.75, 3.05) is 25.5 Å². The number of nitrogens with one attached hydrogen (secondary N) is 1. The fourth-order valence-electron chi connectivity index (χ4n) is 5.50. The zero-order valence-corrected chi connectivity index (χ0v) is 26.8. The fourth-order valence-corrected chi connectivity index (χ4v) is 7.80. The Morgan fingerprint density at radius 2 is 1.73 bits per heavy atom. The van der Waals surface area contributed by atoms with Gasteiger partial charge in [-0.2, -0.15) is 4.31 Å². The summed E-state index contributed by atoms with van der Waals surface area (Å²) < 4.78 is 32.9. The molecule has 1 aliphatic heterocycles. The molecule has 1 saturated heterocycles. The third-order valence-electron chi connectivity index (χ3n) is 7.75. The van der Waals surface area contributed by atoms with Gasteiger partial charge in [0.05, 0.1) is 23.8 Å². The first-order valence-electron chi connectivity index (χ1n) is 13.2. The van der Waals surface area contributed by atoms with Crippen molar-refractivity contribution in [2.24, 2.45) is 11.8 Å². The number of thiazole rings is 1. The molecule has 3 N–H and O–H groups in total. The molecule has 1 aliphatic carbocycles. The summed E-state index contributed by atoms with van der Waals surface area (Å²) in [5.74, 6) is -1.12. The van der Waals surface area contributed by atoms with Crippen LogP contribution in [-0.2, 0) is 19.6 Å². The number of aromatic nitrogens is 2. The average molecular weight is 613 g/mol. The number of benzene rings is 1. The van der Waals surface area contributed by atoms with E-state index in [9.17, 15) is 23.1 Å². The molecule has 3 aromatic rings. The number of carboxylic acids is 1. The number of nitrogens with zero attached hydrogens (tertiary/aromatic N) is 3. The number of aliphatic carboxylic acids is 1. The molecule has 1 saturated carbocycles. The SMILES string of the molecule is COc1ccc2nc(NC(=O)C(CC3CCCC3)c3ccc(S(=O)(=O)N4CCC(C(=O)O)CC4)cc3)sc2n1.[Na+].[OH-]. The second-order valence-corrected chi connectivity index (χ2v) is 13.1. The Morgan fingerprint density at radius 1 is 1.07 bits per heavy atom. The number of carbonyl (C=O) groups is 2. The molecular weight excluding hydrogens is 579 g/mol. The van der Waals surface area contributed by atoms with Crippen LogP contribution >= 0.6 is 11.3 Å². The molecule has 2 fully saturated rings. The van der Waals surface area contributed by atoms with Crippen LogP contribution in [0.25, 0.3) is 10.3 Å². The van der Waals surface area contributed by atoms with Crippen LogP contribution in [0.15, 0.2) is 41.3 Å². The van der Waals surface area contributed by atoms with Crippen LogP contribution < -0.4 is 39.6 Å². The summed E-state index contributed by atoms with van der Waals surface area (Å²) in [4.78, 5) is 34.5. The summed E-state index contributed by atoms with van der Waals surface area (Å²) in [6.45, 7) is 0.354. The number of amides is 1. The minimum Gasteiger partial charge on any atom is -0.870 e. The summed E-state index contributed by atoms with van der Waals surface area (Å²) in [5.41, 5.74) is 1.43. The van der Waals surface area contributed by atoms with Gasteiger partial charge in [-0.1, -0.05) is 49.2 Å². The smallest absolute Gasteiger partial charge is 0.870 e. The van der Waals surface area contributed by atoms with Crippen molar-refractivity contribution >= 4 is 48.7 Å². The maximum absolute atomic E-state index is 13.6. The zero-order valence-electron chi connectivity index (χ0n) is 23.2. The number of rotatable bonds is 9. The molecule has 5 rings (SSSR count). The van der Waals surface area contributed by atoms with E-state index >= 15 is 0 Å². The molecule has 2 aliphatic rings. The standard InChI is InChI=1S/C27H32N4O6S2.Na.H2O/c1-37-23-11-10-22-25(29-23)38-27(28-22)30-24(32)21(16-17-4-2-3-5-17)18-6-8-20(9-7-18)39(35,36)31-14-12-19(13-15-31)26(33)34;;/h6-11,17,19,21H,2-5,12-16H2,1H3,(H,33,34)(H,28,30,32);;1H2/q;+1;/p-1. The van der Waals surface area contributed by atoms with Crippen molar-refractivity contribution in [1.29, 1.82) is 0 Å². The van der Waals surface area contributed by atoms with E-state index < -0.39 is 27.8 Å². The number of hydrogen-bond donors (Lipinski definition) is 2. The maximum Gasteiger partial charge on any atom is 1.00 e. The molecule has 3 heterocycles. The van der Waals surface area contributed by atoms with Crippen LogP contribution in [0.3, 0.4) is 0 Å². The molecule has 41 heavy (non-hydrogen) atoms. The Labute approximate surface area is 265 Å². The van der Waals surface area contributed by atoms with Crippen LogP contribution in [0.4, 0.5) is 5.13 Å². The van der Waals surface area contributed by atoms with Gasteiger partial charge in [0.15, 0.2) is 5.13 Å². The van der Waals surface area contributed by atoms with Gasteiger partial charge in [0, 0.05) is 19.2 Å². The van der Waals surface area contributed by atoms with E-state index in [2.05, 4.69) is 15.3 Å². The third-order valence-corrected chi connectivity index (χ3v) is 10.5. The largest absolute Gasteiger partial charge is 1.00 e. The molecule has 1 atom stereocenters. The first kappa shape index (κ1) is 33.4. The normalized spacial score (nSPS) is 17.4. The molecule has 0 radical (unpaired) electrons. The van der Waals surface area contributed by atoms with Crippen LogP contribution in [0.5, 0.6) is 5.88 Å². The van der Waals surface area contributed by atoms with E-state index in [4.69, 9.17) is 4.74 Å². The Balaban J connectivity index is 0.00000231. The van der Waals surface area contributed by atoms with Gasteiger partial charge in [0.2, 0.25) is 21.8 Å². The quantitative estimate of drug-likeness (QED) is 0.339. The summed E-state index contributed by atoms with van der Waals surface area (Å²) in [6, 6.07) is 10.1. The van der Waals surface area contributed by atoms with Gasteiger partial charge in [-0.15, -0.1) is 0 Å². The van der Waals surface area contributed by atoms with Crippen molar-refractivity contribution < 1.29 is 62.9 Å². The van der Waals surface area contributed by atoms with Gasteiger partial charge in [-0.3, -0.25) is 9.59 Å². The van der Waals surface area contributed by atoms with Crippen molar-refractivity contribution in [3.63, 3.8) is 0 Å². The summed E-state index contributed by atoms with van der Waals surface area (Å²) in [5, 5.41) is 12.6. The number of pyridine rings is 1. The van der Waals surface area contributed by atoms with Gasteiger partial charge in [0.25, 0.3) is 0 Å². The van der Waals surface area contributed by atoms with Crippen molar-refractivity contribution in [3.05, 3.63) is 42.0 Å². The second-order valence-electron chi connectivity index (χ2n) is 10.2. The van der Waals surface area contributed by atoms with Gasteiger partial charge in [-0.25, -0.2) is 18.4 Å². The van der Waals surface area contributed by atoms with E-state index in [0.29, 0.717) is 46.5 Å². The Kier molecular flexibility index (Phi) is 11.7. The van der Waals surface area contributed by atoms with Crippen LogP contribution in [0.1, 0.15) is 56.4 Å². The molecule has 11 nitrogen and oxygen atoms in total. The first-order chi connectivity index (χ1) is 18.7. The van der Waals surface area contributed by atoms with Gasteiger partial charge in [0.1, 0.15) is 10.3 Å². The number of anilines is 1. The molecule has 0 bridgehead atoms. The summed E-state index contributed by atoms with van der Waals surface area (Å²) >= 11 is 1.28. The predicted molar refractivity (Wildman–Crippen MR) is 149 cm³/mol. The number of methoxy groups -OCH3 is 1. The van der Waals surface area contributed by atoms with Crippen LogP contribution in [0.2, 0.25) is 0 Å². The Morgan fingerprint density at radius 3 is 2.34 bits per heavy atom. The number of carbonyl (C=O) groups excluding carboxylic acids is 1. The number of ether oxygens (including phenoxy) is 1. The Bertz CT molecular complexity index is 1450. The zero-order chi connectivity index (χ0) is 27.6. The monoisotopic (exact) mass is 612 g/mol. The third kappa shape index (κ3) is 7.64. The van der Waals surface area contributed by atoms with E-state index in [0.717, 1.165) is 31.2 Å². The molecule has 216 valence electrons. The predicted octanol–water partition coefficient (Wildman–Crippen LogP) is 1.32. The molecule has 2 aromatic heterocycles. The molecule has 0 spiro atoms. The summed E-state index contributed by atoms with van der Waals surface area (Å²) in [6.07, 6.45) is 5.73. The number of sulfonamides is 1. The number of piperidine rings is 1. The van der Waals surface area contributed by atoms with E-state index in [1.165, 1.54) is 15.6 Å². The van der Waals surface area contributed by atoms with Gasteiger partial charge in [-0.05, 0) is 48.9 Å².